The predicted octanol–water partition coefficient (Wildman–Crippen LogP) is 2.89. The normalized spacial score (nSPS) is 25.2. The van der Waals surface area contributed by atoms with Crippen molar-refractivity contribution in [2.45, 2.75) is 51.8 Å². The highest BCUT2D eigenvalue weighted by Gasteiger charge is 2.30. The summed E-state index contributed by atoms with van der Waals surface area (Å²) in [5.41, 5.74) is -0.537. The Morgan fingerprint density at radius 1 is 1.44 bits per heavy atom. The smallest absolute Gasteiger partial charge is 0.410 e. The number of amides is 1. The summed E-state index contributed by atoms with van der Waals surface area (Å²) in [7, 11) is 0. The van der Waals surface area contributed by atoms with Crippen LogP contribution in [-0.2, 0) is 4.74 Å². The summed E-state index contributed by atoms with van der Waals surface area (Å²) in [6, 6.07) is 2.00. The molecule has 1 heterocycles. The lowest BCUT2D eigenvalue weighted by molar-refractivity contribution is 0.0254. The standard InChI is InChI=1S/C13H21FN2O2/c1-13(2,3)18-12(17)16-8-5-10(4-7-15)11(14)6-9-16/h10-11H,4-6,8-9H2,1-3H3/t10-,11-/m1/s1. The van der Waals surface area contributed by atoms with E-state index >= 15 is 0 Å². The van der Waals surface area contributed by atoms with Gasteiger partial charge in [-0.05, 0) is 33.6 Å². The molecule has 1 fully saturated rings. The van der Waals surface area contributed by atoms with E-state index in [1.807, 2.05) is 6.07 Å². The minimum Gasteiger partial charge on any atom is -0.444 e. The summed E-state index contributed by atoms with van der Waals surface area (Å²) >= 11 is 0. The number of carbonyl (C=O) groups excluding carboxylic acids is 1. The van der Waals surface area contributed by atoms with E-state index in [0.29, 0.717) is 19.5 Å². The molecule has 18 heavy (non-hydrogen) atoms. The summed E-state index contributed by atoms with van der Waals surface area (Å²) in [4.78, 5) is 13.4. The van der Waals surface area contributed by atoms with Crippen LogP contribution in [-0.4, -0.2) is 35.9 Å². The molecule has 0 aliphatic carbocycles. The van der Waals surface area contributed by atoms with Crippen LogP contribution in [0.4, 0.5) is 9.18 Å². The molecule has 1 aliphatic heterocycles. The summed E-state index contributed by atoms with van der Waals surface area (Å²) < 4.78 is 19.0. The molecular formula is C13H21FN2O2. The van der Waals surface area contributed by atoms with Gasteiger partial charge in [0.2, 0.25) is 0 Å². The molecule has 0 aromatic heterocycles. The number of rotatable bonds is 1. The molecule has 0 aromatic carbocycles. The number of nitriles is 1. The van der Waals surface area contributed by atoms with Crippen LogP contribution in [0.2, 0.25) is 0 Å². The maximum atomic E-state index is 13.7. The van der Waals surface area contributed by atoms with Crippen molar-refractivity contribution in [2.24, 2.45) is 5.92 Å². The first-order valence-electron chi connectivity index (χ1n) is 6.32. The molecule has 5 heteroatoms. The zero-order valence-corrected chi connectivity index (χ0v) is 11.3. The third kappa shape index (κ3) is 4.52. The van der Waals surface area contributed by atoms with Crippen molar-refractivity contribution in [1.82, 2.24) is 4.90 Å². The Labute approximate surface area is 108 Å². The van der Waals surface area contributed by atoms with Crippen LogP contribution >= 0.6 is 0 Å². The van der Waals surface area contributed by atoms with Gasteiger partial charge in [0.05, 0.1) is 6.07 Å². The summed E-state index contributed by atoms with van der Waals surface area (Å²) in [6.45, 7) is 6.23. The minimum absolute atomic E-state index is 0.212. The first kappa shape index (κ1) is 14.7. The molecule has 0 spiro atoms. The van der Waals surface area contributed by atoms with Gasteiger partial charge in [0.1, 0.15) is 11.8 Å². The molecule has 1 saturated heterocycles. The van der Waals surface area contributed by atoms with Gasteiger partial charge >= 0.3 is 6.09 Å². The third-order valence-electron chi connectivity index (χ3n) is 2.96. The highest BCUT2D eigenvalue weighted by atomic mass is 19.1. The van der Waals surface area contributed by atoms with Crippen LogP contribution < -0.4 is 0 Å². The second-order valence-corrected chi connectivity index (χ2v) is 5.68. The van der Waals surface area contributed by atoms with Crippen LogP contribution in [0.1, 0.15) is 40.0 Å². The second kappa shape index (κ2) is 6.03. The minimum atomic E-state index is -1.00. The van der Waals surface area contributed by atoms with Crippen molar-refractivity contribution in [3.8, 4) is 6.07 Å². The molecule has 0 bridgehead atoms. The average Bonchev–Trinajstić information content (AvgIpc) is 2.40. The lowest BCUT2D eigenvalue weighted by Gasteiger charge is -2.26. The van der Waals surface area contributed by atoms with Gasteiger partial charge in [0, 0.05) is 25.4 Å². The lowest BCUT2D eigenvalue weighted by atomic mass is 9.96. The van der Waals surface area contributed by atoms with Crippen LogP contribution in [0, 0.1) is 17.2 Å². The number of hydrogen-bond donors (Lipinski definition) is 0. The average molecular weight is 256 g/mol. The van der Waals surface area contributed by atoms with Crippen LogP contribution in [0.5, 0.6) is 0 Å². The second-order valence-electron chi connectivity index (χ2n) is 5.68. The van der Waals surface area contributed by atoms with Gasteiger partial charge in [-0.25, -0.2) is 9.18 Å². The Bertz CT molecular complexity index is 333. The largest absolute Gasteiger partial charge is 0.444 e. The quantitative estimate of drug-likeness (QED) is 0.725. The van der Waals surface area contributed by atoms with Gasteiger partial charge in [-0.2, -0.15) is 5.26 Å². The number of likely N-dealkylation sites (tertiary alicyclic amines) is 1. The lowest BCUT2D eigenvalue weighted by Crippen LogP contribution is -2.37. The maximum absolute atomic E-state index is 13.7. The summed E-state index contributed by atoms with van der Waals surface area (Å²) in [5, 5.41) is 8.63. The van der Waals surface area contributed by atoms with Crippen molar-refractivity contribution >= 4 is 6.09 Å². The van der Waals surface area contributed by atoms with Gasteiger partial charge < -0.3 is 9.64 Å². The molecule has 0 N–H and O–H groups in total. The molecule has 0 unspecified atom stereocenters. The molecule has 0 radical (unpaired) electrons. The van der Waals surface area contributed by atoms with Crippen molar-refractivity contribution in [2.75, 3.05) is 13.1 Å². The Morgan fingerprint density at radius 3 is 2.61 bits per heavy atom. The number of ether oxygens (including phenoxy) is 1. The van der Waals surface area contributed by atoms with Crippen molar-refractivity contribution in [1.29, 1.82) is 5.26 Å². The predicted molar refractivity (Wildman–Crippen MR) is 65.7 cm³/mol. The Kier molecular flexibility index (Phi) is 4.94. The fourth-order valence-electron chi connectivity index (χ4n) is 1.99. The first-order chi connectivity index (χ1) is 8.33. The van der Waals surface area contributed by atoms with Gasteiger partial charge in [0.25, 0.3) is 0 Å². The molecule has 102 valence electrons. The fourth-order valence-corrected chi connectivity index (χ4v) is 1.99. The summed E-state index contributed by atoms with van der Waals surface area (Å²) in [6.07, 6.45) is -0.382. The number of halogens is 1. The zero-order valence-electron chi connectivity index (χ0n) is 11.3. The summed E-state index contributed by atoms with van der Waals surface area (Å²) in [5.74, 6) is -0.262. The van der Waals surface area contributed by atoms with E-state index in [2.05, 4.69) is 0 Å². The van der Waals surface area contributed by atoms with Gasteiger partial charge in [0.15, 0.2) is 0 Å². The Hall–Kier alpha value is -1.31. The zero-order chi connectivity index (χ0) is 13.8. The van der Waals surface area contributed by atoms with E-state index in [0.717, 1.165) is 0 Å². The molecule has 1 rings (SSSR count). The number of hydrogen-bond acceptors (Lipinski definition) is 3. The van der Waals surface area contributed by atoms with Crippen molar-refractivity contribution in [3.63, 3.8) is 0 Å². The van der Waals surface area contributed by atoms with Gasteiger partial charge in [-0.3, -0.25) is 0 Å². The van der Waals surface area contributed by atoms with E-state index in [1.165, 1.54) is 4.90 Å². The number of alkyl halides is 1. The highest BCUT2D eigenvalue weighted by Crippen LogP contribution is 2.24. The topological polar surface area (TPSA) is 53.3 Å². The van der Waals surface area contributed by atoms with Crippen LogP contribution in [0.3, 0.4) is 0 Å². The van der Waals surface area contributed by atoms with Crippen LogP contribution in [0.25, 0.3) is 0 Å². The van der Waals surface area contributed by atoms with Gasteiger partial charge in [-0.15, -0.1) is 0 Å². The maximum Gasteiger partial charge on any atom is 0.410 e. The molecule has 0 aromatic rings. The Morgan fingerprint density at radius 2 is 2.06 bits per heavy atom. The fraction of sp³-hybridized carbons (Fsp3) is 0.846. The first-order valence-corrected chi connectivity index (χ1v) is 6.32. The number of carbonyl (C=O) groups is 1. The molecule has 0 saturated carbocycles. The molecule has 4 nitrogen and oxygen atoms in total. The number of nitrogens with zero attached hydrogens (tertiary/aromatic N) is 2. The SMILES string of the molecule is CC(C)(C)OC(=O)N1CC[C@@H](CC#N)[C@H](F)CC1. The van der Waals surface area contributed by atoms with E-state index in [-0.39, 0.29) is 18.8 Å². The molecule has 2 atom stereocenters. The van der Waals surface area contributed by atoms with Crippen molar-refractivity contribution < 1.29 is 13.9 Å². The van der Waals surface area contributed by atoms with E-state index < -0.39 is 17.9 Å². The molecule has 1 aliphatic rings. The van der Waals surface area contributed by atoms with E-state index in [9.17, 15) is 9.18 Å². The molecule has 1 amide bonds. The highest BCUT2D eigenvalue weighted by molar-refractivity contribution is 5.68. The third-order valence-corrected chi connectivity index (χ3v) is 2.96. The van der Waals surface area contributed by atoms with Crippen LogP contribution in [0.15, 0.2) is 0 Å². The van der Waals surface area contributed by atoms with Gasteiger partial charge in [-0.1, -0.05) is 0 Å². The molecular weight excluding hydrogens is 235 g/mol. The Balaban J connectivity index is 2.56. The van der Waals surface area contributed by atoms with E-state index in [4.69, 9.17) is 10.00 Å². The van der Waals surface area contributed by atoms with E-state index in [1.54, 1.807) is 20.8 Å². The monoisotopic (exact) mass is 256 g/mol. The van der Waals surface area contributed by atoms with Crippen molar-refractivity contribution in [3.05, 3.63) is 0 Å².